The van der Waals surface area contributed by atoms with Gasteiger partial charge >= 0.3 is 0 Å². The minimum Gasteiger partial charge on any atom is -0.381 e. The summed E-state index contributed by atoms with van der Waals surface area (Å²) in [5.74, 6) is 0. The van der Waals surface area contributed by atoms with Crippen LogP contribution in [0, 0.1) is 6.92 Å². The number of nitrogens with one attached hydrogen (secondary N) is 2. The van der Waals surface area contributed by atoms with E-state index in [-0.39, 0.29) is 0 Å². The number of aryl methyl sites for hydroxylation is 1. The number of hydrogen-bond donors (Lipinski definition) is 2. The summed E-state index contributed by atoms with van der Waals surface area (Å²) in [6.07, 6.45) is 4.04. The highest BCUT2D eigenvalue weighted by Gasteiger charge is 2.13. The lowest BCUT2D eigenvalue weighted by molar-refractivity contribution is 0.479. The number of piperidine rings is 1. The van der Waals surface area contributed by atoms with Gasteiger partial charge < -0.3 is 10.6 Å². The molecule has 3 rings (SSSR count). The standard InChI is InChI=1S/C13H18N6/c1-10-4-5-12(19-9-15-17-18-19)7-13(10)16-11-3-2-6-14-8-11/h4-5,7,9,11,14,16H,2-3,6,8H2,1H3. The summed E-state index contributed by atoms with van der Waals surface area (Å²) in [4.78, 5) is 0. The van der Waals surface area contributed by atoms with Gasteiger partial charge in [0.2, 0.25) is 0 Å². The van der Waals surface area contributed by atoms with E-state index in [4.69, 9.17) is 0 Å². The molecular formula is C13H18N6. The number of tetrazole rings is 1. The van der Waals surface area contributed by atoms with Crippen molar-refractivity contribution in [3.05, 3.63) is 30.1 Å². The van der Waals surface area contributed by atoms with Crippen LogP contribution < -0.4 is 10.6 Å². The fourth-order valence-corrected chi connectivity index (χ4v) is 2.38. The number of nitrogens with zero attached hydrogens (tertiary/aromatic N) is 4. The van der Waals surface area contributed by atoms with Crippen LogP contribution in [0.1, 0.15) is 18.4 Å². The Morgan fingerprint density at radius 3 is 3.11 bits per heavy atom. The second kappa shape index (κ2) is 5.36. The first-order valence-electron chi connectivity index (χ1n) is 6.64. The van der Waals surface area contributed by atoms with Crippen LogP contribution in [0.4, 0.5) is 5.69 Å². The Hall–Kier alpha value is -1.95. The lowest BCUT2D eigenvalue weighted by atomic mass is 10.1. The van der Waals surface area contributed by atoms with Crippen LogP contribution in [0.3, 0.4) is 0 Å². The normalized spacial score (nSPS) is 19.3. The first-order valence-corrected chi connectivity index (χ1v) is 6.64. The Balaban J connectivity index is 1.81. The van der Waals surface area contributed by atoms with E-state index in [1.807, 2.05) is 6.07 Å². The van der Waals surface area contributed by atoms with Crippen LogP contribution in [0.2, 0.25) is 0 Å². The summed E-state index contributed by atoms with van der Waals surface area (Å²) in [7, 11) is 0. The van der Waals surface area contributed by atoms with Gasteiger partial charge in [0.15, 0.2) is 0 Å². The number of benzene rings is 1. The van der Waals surface area contributed by atoms with Gasteiger partial charge in [-0.1, -0.05) is 6.07 Å². The van der Waals surface area contributed by atoms with Crippen molar-refractivity contribution in [2.45, 2.75) is 25.8 Å². The van der Waals surface area contributed by atoms with E-state index < -0.39 is 0 Å². The smallest absolute Gasteiger partial charge is 0.143 e. The quantitative estimate of drug-likeness (QED) is 0.864. The zero-order chi connectivity index (χ0) is 13.1. The molecule has 0 amide bonds. The number of rotatable bonds is 3. The van der Waals surface area contributed by atoms with Crippen LogP contribution in [-0.2, 0) is 0 Å². The van der Waals surface area contributed by atoms with Gasteiger partial charge in [-0.2, -0.15) is 0 Å². The van der Waals surface area contributed by atoms with Crippen molar-refractivity contribution in [2.24, 2.45) is 0 Å². The molecule has 1 aliphatic heterocycles. The van der Waals surface area contributed by atoms with Crippen LogP contribution >= 0.6 is 0 Å². The fraction of sp³-hybridized carbons (Fsp3) is 0.462. The van der Waals surface area contributed by atoms with Crippen molar-refractivity contribution in [1.29, 1.82) is 0 Å². The molecule has 1 atom stereocenters. The van der Waals surface area contributed by atoms with E-state index in [1.165, 1.54) is 18.4 Å². The second-order valence-electron chi connectivity index (χ2n) is 4.94. The third-order valence-electron chi connectivity index (χ3n) is 3.49. The van der Waals surface area contributed by atoms with Gasteiger partial charge in [0, 0.05) is 18.3 Å². The van der Waals surface area contributed by atoms with Gasteiger partial charge in [-0.05, 0) is 54.4 Å². The molecule has 2 aromatic rings. The first kappa shape index (κ1) is 12.1. The summed E-state index contributed by atoms with van der Waals surface area (Å²) >= 11 is 0. The molecule has 1 fully saturated rings. The summed E-state index contributed by atoms with van der Waals surface area (Å²) < 4.78 is 1.67. The molecule has 1 aliphatic rings. The van der Waals surface area contributed by atoms with E-state index >= 15 is 0 Å². The zero-order valence-electron chi connectivity index (χ0n) is 11.0. The predicted molar refractivity (Wildman–Crippen MR) is 73.4 cm³/mol. The third-order valence-corrected chi connectivity index (χ3v) is 3.49. The van der Waals surface area contributed by atoms with E-state index in [9.17, 15) is 0 Å². The lowest BCUT2D eigenvalue weighted by Crippen LogP contribution is -2.38. The average Bonchev–Trinajstić information content (AvgIpc) is 2.96. The molecule has 0 aliphatic carbocycles. The van der Waals surface area contributed by atoms with Gasteiger partial charge in [-0.25, -0.2) is 4.68 Å². The summed E-state index contributed by atoms with van der Waals surface area (Å²) in [6.45, 7) is 4.26. The Labute approximate surface area is 112 Å². The molecule has 6 heteroatoms. The molecule has 0 bridgehead atoms. The van der Waals surface area contributed by atoms with Crippen LogP contribution in [0.15, 0.2) is 24.5 Å². The maximum absolute atomic E-state index is 3.92. The van der Waals surface area contributed by atoms with Crippen LogP contribution in [-0.4, -0.2) is 39.3 Å². The molecule has 2 heterocycles. The molecule has 6 nitrogen and oxygen atoms in total. The van der Waals surface area contributed by atoms with Gasteiger partial charge in [-0.3, -0.25) is 0 Å². The van der Waals surface area contributed by atoms with Crippen molar-refractivity contribution < 1.29 is 0 Å². The van der Waals surface area contributed by atoms with Gasteiger partial charge in [0.1, 0.15) is 6.33 Å². The highest BCUT2D eigenvalue weighted by molar-refractivity contribution is 5.57. The summed E-state index contributed by atoms with van der Waals surface area (Å²) in [5, 5.41) is 18.3. The maximum Gasteiger partial charge on any atom is 0.143 e. The fourth-order valence-electron chi connectivity index (χ4n) is 2.38. The molecule has 0 radical (unpaired) electrons. The Morgan fingerprint density at radius 2 is 2.37 bits per heavy atom. The highest BCUT2D eigenvalue weighted by Crippen LogP contribution is 2.21. The maximum atomic E-state index is 3.92. The lowest BCUT2D eigenvalue weighted by Gasteiger charge is -2.25. The average molecular weight is 258 g/mol. The first-order chi connectivity index (χ1) is 9.33. The second-order valence-corrected chi connectivity index (χ2v) is 4.94. The number of aromatic nitrogens is 4. The minimum atomic E-state index is 0.497. The molecule has 0 spiro atoms. The molecule has 2 N–H and O–H groups in total. The summed E-state index contributed by atoms with van der Waals surface area (Å²) in [6, 6.07) is 6.71. The molecule has 1 aromatic heterocycles. The predicted octanol–water partition coefficient (Wildman–Crippen LogP) is 1.13. The molecular weight excluding hydrogens is 240 g/mol. The largest absolute Gasteiger partial charge is 0.381 e. The molecule has 1 saturated heterocycles. The van der Waals surface area contributed by atoms with Crippen molar-refractivity contribution in [3.8, 4) is 5.69 Å². The Kier molecular flexibility index (Phi) is 3.41. The summed E-state index contributed by atoms with van der Waals surface area (Å²) in [5.41, 5.74) is 3.37. The van der Waals surface area contributed by atoms with E-state index in [0.29, 0.717) is 6.04 Å². The van der Waals surface area contributed by atoms with Crippen molar-refractivity contribution in [2.75, 3.05) is 18.4 Å². The van der Waals surface area contributed by atoms with E-state index in [1.54, 1.807) is 11.0 Å². The van der Waals surface area contributed by atoms with Crippen molar-refractivity contribution >= 4 is 5.69 Å². The van der Waals surface area contributed by atoms with E-state index in [0.717, 1.165) is 24.5 Å². The monoisotopic (exact) mass is 258 g/mol. The molecule has 100 valence electrons. The molecule has 1 aromatic carbocycles. The molecule has 0 saturated carbocycles. The third kappa shape index (κ3) is 2.73. The number of hydrogen-bond acceptors (Lipinski definition) is 5. The number of anilines is 1. The minimum absolute atomic E-state index is 0.497. The van der Waals surface area contributed by atoms with Gasteiger partial charge in [0.25, 0.3) is 0 Å². The topological polar surface area (TPSA) is 67.7 Å². The van der Waals surface area contributed by atoms with Gasteiger partial charge in [-0.15, -0.1) is 5.10 Å². The highest BCUT2D eigenvalue weighted by atomic mass is 15.5. The van der Waals surface area contributed by atoms with Crippen LogP contribution in [0.5, 0.6) is 0 Å². The Bertz CT molecular complexity index is 530. The molecule has 1 unspecified atom stereocenters. The van der Waals surface area contributed by atoms with E-state index in [2.05, 4.69) is 45.2 Å². The SMILES string of the molecule is Cc1ccc(-n2cnnn2)cc1NC1CCCNC1. The Morgan fingerprint density at radius 1 is 1.42 bits per heavy atom. The van der Waals surface area contributed by atoms with Crippen molar-refractivity contribution in [3.63, 3.8) is 0 Å². The van der Waals surface area contributed by atoms with Crippen molar-refractivity contribution in [1.82, 2.24) is 25.5 Å². The van der Waals surface area contributed by atoms with Crippen LogP contribution in [0.25, 0.3) is 5.69 Å². The van der Waals surface area contributed by atoms with Gasteiger partial charge in [0.05, 0.1) is 5.69 Å². The zero-order valence-corrected chi connectivity index (χ0v) is 11.0. The molecule has 19 heavy (non-hydrogen) atoms.